The Balaban J connectivity index is 1.85. The zero-order valence-electron chi connectivity index (χ0n) is 14.1. The first-order valence-corrected chi connectivity index (χ1v) is 8.21. The highest BCUT2D eigenvalue weighted by molar-refractivity contribution is 6.01. The fourth-order valence-corrected chi connectivity index (χ4v) is 2.88. The molecule has 1 aliphatic rings. The predicted octanol–water partition coefficient (Wildman–Crippen LogP) is 2.25. The Hall–Kier alpha value is -2.77. The van der Waals surface area contributed by atoms with Gasteiger partial charge in [-0.15, -0.1) is 10.2 Å². The summed E-state index contributed by atoms with van der Waals surface area (Å²) in [5.41, 5.74) is 0.959. The first kappa shape index (κ1) is 17.1. The smallest absolute Gasteiger partial charge is 0.235 e. The van der Waals surface area contributed by atoms with Crippen LogP contribution < -0.4 is 5.32 Å². The van der Waals surface area contributed by atoms with E-state index in [-0.39, 0.29) is 24.8 Å². The van der Waals surface area contributed by atoms with Crippen molar-refractivity contribution in [2.24, 2.45) is 0 Å². The number of hydrogen-bond donors (Lipinski definition) is 1. The molecule has 2 aromatic rings. The molecule has 2 amide bonds. The molecule has 0 bridgehead atoms. The summed E-state index contributed by atoms with van der Waals surface area (Å²) in [5.74, 6) is -0.858. The summed E-state index contributed by atoms with van der Waals surface area (Å²) in [6.07, 6.45) is 0.596. The number of nitrogens with one attached hydrogen (secondary N) is 1. The fourth-order valence-electron chi connectivity index (χ4n) is 2.88. The van der Waals surface area contributed by atoms with Gasteiger partial charge in [-0.2, -0.15) is 0 Å². The van der Waals surface area contributed by atoms with Crippen molar-refractivity contribution in [1.82, 2.24) is 15.1 Å². The highest BCUT2D eigenvalue weighted by atomic mass is 19.1. The van der Waals surface area contributed by atoms with Gasteiger partial charge in [0.25, 0.3) is 0 Å². The number of halogens is 1. The highest BCUT2D eigenvalue weighted by Crippen LogP contribution is 2.34. The maximum atomic E-state index is 13.6. The molecule has 1 aromatic heterocycles. The number of likely N-dealkylation sites (N-methyl/N-ethyl adjacent to an activating group) is 1. The van der Waals surface area contributed by atoms with Crippen molar-refractivity contribution in [3.05, 3.63) is 41.4 Å². The SMILES string of the molecule is CCc1nnc(CN(CC)C(=O)C2CC(=O)Nc3ccc(F)cc32)o1. The van der Waals surface area contributed by atoms with Crippen molar-refractivity contribution < 1.29 is 18.4 Å². The number of amides is 2. The number of anilines is 1. The number of rotatable bonds is 5. The standard InChI is InChI=1S/C17H19FN4O3/c1-3-15-20-21-16(25-15)9-22(4-2)17(24)12-8-14(23)19-13-6-5-10(18)7-11(12)13/h5-7,12H,3-4,8-9H2,1-2H3,(H,19,23). The van der Waals surface area contributed by atoms with Crippen LogP contribution in [-0.4, -0.2) is 33.5 Å². The third-order valence-corrected chi connectivity index (χ3v) is 4.18. The summed E-state index contributed by atoms with van der Waals surface area (Å²) >= 11 is 0. The van der Waals surface area contributed by atoms with E-state index in [1.54, 1.807) is 0 Å². The highest BCUT2D eigenvalue weighted by Gasteiger charge is 2.34. The molecular formula is C17H19FN4O3. The van der Waals surface area contributed by atoms with E-state index >= 15 is 0 Å². The molecular weight excluding hydrogens is 327 g/mol. The molecule has 7 nitrogen and oxygen atoms in total. The van der Waals surface area contributed by atoms with Crippen LogP contribution in [-0.2, 0) is 22.6 Å². The molecule has 25 heavy (non-hydrogen) atoms. The molecule has 3 rings (SSSR count). The summed E-state index contributed by atoms with van der Waals surface area (Å²) < 4.78 is 19.1. The molecule has 8 heteroatoms. The maximum Gasteiger partial charge on any atom is 0.235 e. The molecule has 0 aliphatic carbocycles. The normalized spacial score (nSPS) is 16.3. The second-order valence-electron chi connectivity index (χ2n) is 5.83. The predicted molar refractivity (Wildman–Crippen MR) is 87.2 cm³/mol. The molecule has 0 saturated carbocycles. The lowest BCUT2D eigenvalue weighted by Gasteiger charge is -2.29. The number of carbonyl (C=O) groups is 2. The summed E-state index contributed by atoms with van der Waals surface area (Å²) in [7, 11) is 0. The van der Waals surface area contributed by atoms with E-state index in [9.17, 15) is 14.0 Å². The molecule has 2 heterocycles. The molecule has 1 aromatic carbocycles. The van der Waals surface area contributed by atoms with Gasteiger partial charge in [0, 0.05) is 25.1 Å². The number of hydrogen-bond acceptors (Lipinski definition) is 5. The Morgan fingerprint density at radius 2 is 2.12 bits per heavy atom. The van der Waals surface area contributed by atoms with E-state index in [4.69, 9.17) is 4.42 Å². The second-order valence-corrected chi connectivity index (χ2v) is 5.83. The Labute approximate surface area is 144 Å². The number of fused-ring (bicyclic) bond motifs is 1. The van der Waals surface area contributed by atoms with Gasteiger partial charge in [0.05, 0.1) is 12.5 Å². The molecule has 132 valence electrons. The van der Waals surface area contributed by atoms with Gasteiger partial charge in [-0.1, -0.05) is 6.92 Å². The molecule has 1 unspecified atom stereocenters. The first-order valence-electron chi connectivity index (χ1n) is 8.21. The third kappa shape index (κ3) is 3.52. The van der Waals surface area contributed by atoms with E-state index in [0.717, 1.165) is 0 Å². The topological polar surface area (TPSA) is 88.3 Å². The van der Waals surface area contributed by atoms with Gasteiger partial charge >= 0.3 is 0 Å². The summed E-state index contributed by atoms with van der Waals surface area (Å²) in [4.78, 5) is 26.4. The lowest BCUT2D eigenvalue weighted by molar-refractivity contribution is -0.135. The summed E-state index contributed by atoms with van der Waals surface area (Å²) in [5, 5.41) is 10.5. The van der Waals surface area contributed by atoms with Gasteiger partial charge in [0.15, 0.2) is 0 Å². The number of carbonyl (C=O) groups excluding carboxylic acids is 2. The van der Waals surface area contributed by atoms with E-state index in [2.05, 4.69) is 15.5 Å². The number of benzene rings is 1. The van der Waals surface area contributed by atoms with Crippen molar-refractivity contribution >= 4 is 17.5 Å². The molecule has 0 saturated heterocycles. The van der Waals surface area contributed by atoms with Crippen molar-refractivity contribution in [3.8, 4) is 0 Å². The Kier molecular flexibility index (Phi) is 4.78. The quantitative estimate of drug-likeness (QED) is 0.897. The van der Waals surface area contributed by atoms with Crippen molar-refractivity contribution in [2.45, 2.75) is 39.2 Å². The Morgan fingerprint density at radius 3 is 2.80 bits per heavy atom. The minimum Gasteiger partial charge on any atom is -0.423 e. The third-order valence-electron chi connectivity index (χ3n) is 4.18. The lowest BCUT2D eigenvalue weighted by Crippen LogP contribution is -2.38. The van der Waals surface area contributed by atoms with Gasteiger partial charge in [0.2, 0.25) is 23.6 Å². The number of aryl methyl sites for hydroxylation is 1. The summed E-state index contributed by atoms with van der Waals surface area (Å²) in [6, 6.07) is 4.03. The maximum absolute atomic E-state index is 13.6. The van der Waals surface area contributed by atoms with E-state index in [0.29, 0.717) is 36.0 Å². The average molecular weight is 346 g/mol. The minimum absolute atomic E-state index is 0.0180. The largest absolute Gasteiger partial charge is 0.423 e. The van der Waals surface area contributed by atoms with Crippen LogP contribution in [0.4, 0.5) is 10.1 Å². The van der Waals surface area contributed by atoms with Crippen LogP contribution in [0.15, 0.2) is 22.6 Å². The van der Waals surface area contributed by atoms with E-state index < -0.39 is 11.7 Å². The van der Waals surface area contributed by atoms with Crippen LogP contribution in [0.3, 0.4) is 0 Å². The number of nitrogens with zero attached hydrogens (tertiary/aromatic N) is 3. The average Bonchev–Trinajstić information content (AvgIpc) is 3.06. The molecule has 1 atom stereocenters. The monoisotopic (exact) mass is 346 g/mol. The van der Waals surface area contributed by atoms with E-state index in [1.165, 1.54) is 23.1 Å². The van der Waals surface area contributed by atoms with Gasteiger partial charge in [-0.25, -0.2) is 4.39 Å². The molecule has 0 radical (unpaired) electrons. The van der Waals surface area contributed by atoms with Crippen LogP contribution in [0, 0.1) is 5.82 Å². The molecule has 1 N–H and O–H groups in total. The van der Waals surface area contributed by atoms with Crippen LogP contribution in [0.1, 0.15) is 43.5 Å². The Morgan fingerprint density at radius 1 is 1.36 bits per heavy atom. The van der Waals surface area contributed by atoms with Crippen molar-refractivity contribution in [1.29, 1.82) is 0 Å². The second kappa shape index (κ2) is 7.00. The zero-order chi connectivity index (χ0) is 18.0. The van der Waals surface area contributed by atoms with Crippen molar-refractivity contribution in [3.63, 3.8) is 0 Å². The van der Waals surface area contributed by atoms with Crippen LogP contribution in [0.25, 0.3) is 0 Å². The number of aromatic nitrogens is 2. The van der Waals surface area contributed by atoms with Gasteiger partial charge in [-0.3, -0.25) is 9.59 Å². The first-order chi connectivity index (χ1) is 12.0. The molecule has 0 fully saturated rings. The van der Waals surface area contributed by atoms with Crippen LogP contribution in [0.5, 0.6) is 0 Å². The lowest BCUT2D eigenvalue weighted by atomic mass is 9.89. The van der Waals surface area contributed by atoms with E-state index in [1.807, 2.05) is 13.8 Å². The van der Waals surface area contributed by atoms with Gasteiger partial charge in [-0.05, 0) is 30.7 Å². The van der Waals surface area contributed by atoms with Crippen LogP contribution >= 0.6 is 0 Å². The molecule has 0 spiro atoms. The molecule has 1 aliphatic heterocycles. The zero-order valence-corrected chi connectivity index (χ0v) is 14.1. The van der Waals surface area contributed by atoms with Gasteiger partial charge in [0.1, 0.15) is 5.82 Å². The van der Waals surface area contributed by atoms with Crippen molar-refractivity contribution in [2.75, 3.05) is 11.9 Å². The van der Waals surface area contributed by atoms with Gasteiger partial charge < -0.3 is 14.6 Å². The summed E-state index contributed by atoms with van der Waals surface area (Å²) in [6.45, 7) is 4.28. The Bertz CT molecular complexity index is 805. The fraction of sp³-hybridized carbons (Fsp3) is 0.412. The minimum atomic E-state index is -0.729. The van der Waals surface area contributed by atoms with Crippen LogP contribution in [0.2, 0.25) is 0 Å².